The van der Waals surface area contributed by atoms with E-state index >= 15 is 0 Å². The molecule has 1 saturated heterocycles. The number of imide groups is 1. The monoisotopic (exact) mass is 261 g/mol. The molecule has 1 atom stereocenters. The van der Waals surface area contributed by atoms with Crippen LogP contribution in [0.3, 0.4) is 0 Å². The highest BCUT2D eigenvalue weighted by molar-refractivity contribution is 6.07. The molecule has 0 aromatic carbocycles. The highest BCUT2D eigenvalue weighted by Gasteiger charge is 2.54. The number of carbonyl (C=O) groups excluding carboxylic acids is 2. The van der Waals surface area contributed by atoms with Gasteiger partial charge in [0.15, 0.2) is 0 Å². The molecule has 1 aromatic heterocycles. The number of rotatable bonds is 2. The number of hydrogen-bond acceptors (Lipinski definition) is 3. The smallest absolute Gasteiger partial charge is 0.323 e. The van der Waals surface area contributed by atoms with Crippen LogP contribution >= 0.6 is 0 Å². The Morgan fingerprint density at radius 2 is 2.00 bits per heavy atom. The lowest BCUT2D eigenvalue weighted by atomic mass is 9.75. The van der Waals surface area contributed by atoms with Gasteiger partial charge >= 0.3 is 6.03 Å². The van der Waals surface area contributed by atoms with Gasteiger partial charge in [0.05, 0.1) is 12.2 Å². The molecule has 1 aliphatic heterocycles. The number of hydrogen-bond donors (Lipinski definition) is 1. The molecule has 102 valence electrons. The van der Waals surface area contributed by atoms with Gasteiger partial charge in [-0.15, -0.1) is 0 Å². The molecule has 19 heavy (non-hydrogen) atoms. The van der Waals surface area contributed by atoms with E-state index in [2.05, 4.69) is 10.3 Å². The summed E-state index contributed by atoms with van der Waals surface area (Å²) >= 11 is 0. The molecular formula is C14H19N3O2. The zero-order valence-electron chi connectivity index (χ0n) is 11.7. The number of amides is 3. The van der Waals surface area contributed by atoms with Crippen LogP contribution in [-0.2, 0) is 11.3 Å². The summed E-state index contributed by atoms with van der Waals surface area (Å²) in [5.41, 5.74) is -0.526. The SMILES string of the molecule is CC(C)(C)[C@]1(C)NC(=O)N(Cc2ccccn2)C1=O. The molecule has 0 bridgehead atoms. The van der Waals surface area contributed by atoms with Crippen molar-refractivity contribution >= 4 is 11.9 Å². The number of carbonyl (C=O) groups is 2. The summed E-state index contributed by atoms with van der Waals surface area (Å²) in [4.78, 5) is 29.9. The summed E-state index contributed by atoms with van der Waals surface area (Å²) < 4.78 is 0. The second kappa shape index (κ2) is 4.33. The van der Waals surface area contributed by atoms with Crippen LogP contribution in [0.25, 0.3) is 0 Å². The van der Waals surface area contributed by atoms with Gasteiger partial charge in [0.2, 0.25) is 0 Å². The third-order valence-corrected chi connectivity index (χ3v) is 3.82. The zero-order chi connectivity index (χ0) is 14.3. The Morgan fingerprint density at radius 1 is 1.32 bits per heavy atom. The van der Waals surface area contributed by atoms with Crippen molar-refractivity contribution in [2.24, 2.45) is 5.41 Å². The summed E-state index contributed by atoms with van der Waals surface area (Å²) in [6.45, 7) is 7.79. The molecule has 0 aliphatic carbocycles. The summed E-state index contributed by atoms with van der Waals surface area (Å²) in [6, 6.07) is 5.08. The van der Waals surface area contributed by atoms with E-state index in [0.29, 0.717) is 5.69 Å². The summed E-state index contributed by atoms with van der Waals surface area (Å²) in [6.07, 6.45) is 1.65. The molecule has 3 amide bonds. The number of nitrogens with one attached hydrogen (secondary N) is 1. The van der Waals surface area contributed by atoms with Gasteiger partial charge in [-0.1, -0.05) is 26.8 Å². The van der Waals surface area contributed by atoms with E-state index in [1.165, 1.54) is 4.90 Å². The minimum Gasteiger partial charge on any atom is -0.323 e. The molecule has 2 rings (SSSR count). The molecule has 0 unspecified atom stereocenters. The van der Waals surface area contributed by atoms with Crippen LogP contribution in [-0.4, -0.2) is 27.4 Å². The van der Waals surface area contributed by atoms with Crippen molar-refractivity contribution < 1.29 is 9.59 Å². The van der Waals surface area contributed by atoms with Gasteiger partial charge in [0.25, 0.3) is 5.91 Å². The molecule has 1 aliphatic rings. The normalized spacial score (nSPS) is 23.7. The van der Waals surface area contributed by atoms with Crippen LogP contribution in [0.4, 0.5) is 4.79 Å². The fourth-order valence-electron chi connectivity index (χ4n) is 2.00. The average Bonchev–Trinajstić information content (AvgIpc) is 2.55. The third kappa shape index (κ3) is 2.20. The van der Waals surface area contributed by atoms with E-state index in [4.69, 9.17) is 0 Å². The minimum absolute atomic E-state index is 0.198. The standard InChI is InChI=1S/C14H19N3O2/c1-13(2,3)14(4)11(18)17(12(19)16-14)9-10-7-5-6-8-15-10/h5-8H,9H2,1-4H3,(H,16,19)/t14-/m1/s1. The molecule has 5 heteroatoms. The van der Waals surface area contributed by atoms with Crippen molar-refractivity contribution in [3.63, 3.8) is 0 Å². The predicted octanol–water partition coefficient (Wildman–Crippen LogP) is 1.94. The predicted molar refractivity (Wildman–Crippen MR) is 71.2 cm³/mol. The van der Waals surface area contributed by atoms with E-state index in [1.807, 2.05) is 26.8 Å². The molecule has 0 saturated carbocycles. The maximum absolute atomic E-state index is 12.5. The first-order valence-electron chi connectivity index (χ1n) is 6.30. The largest absolute Gasteiger partial charge is 0.325 e. The molecule has 1 aromatic rings. The van der Waals surface area contributed by atoms with Gasteiger partial charge in [0.1, 0.15) is 5.54 Å². The highest BCUT2D eigenvalue weighted by atomic mass is 16.2. The second-order valence-corrected chi connectivity index (χ2v) is 6.02. The van der Waals surface area contributed by atoms with Crippen molar-refractivity contribution in [1.82, 2.24) is 15.2 Å². The number of pyridine rings is 1. The van der Waals surface area contributed by atoms with Gasteiger partial charge in [-0.2, -0.15) is 0 Å². The Balaban J connectivity index is 2.25. The summed E-state index contributed by atoms with van der Waals surface area (Å²) in [5.74, 6) is -0.198. The van der Waals surface area contributed by atoms with Crippen molar-refractivity contribution in [1.29, 1.82) is 0 Å². The minimum atomic E-state index is -0.876. The number of urea groups is 1. The van der Waals surface area contributed by atoms with Crippen molar-refractivity contribution in [3.8, 4) is 0 Å². The zero-order valence-corrected chi connectivity index (χ0v) is 11.7. The highest BCUT2D eigenvalue weighted by Crippen LogP contribution is 2.35. The van der Waals surface area contributed by atoms with Gasteiger partial charge in [0, 0.05) is 6.20 Å². The molecule has 0 spiro atoms. The Morgan fingerprint density at radius 3 is 2.47 bits per heavy atom. The second-order valence-electron chi connectivity index (χ2n) is 6.02. The fourth-order valence-corrected chi connectivity index (χ4v) is 2.00. The first-order chi connectivity index (χ1) is 8.75. The maximum atomic E-state index is 12.5. The fraction of sp³-hybridized carbons (Fsp3) is 0.500. The van der Waals surface area contributed by atoms with E-state index < -0.39 is 5.54 Å². The van der Waals surface area contributed by atoms with E-state index in [9.17, 15) is 9.59 Å². The lowest BCUT2D eigenvalue weighted by Crippen LogP contribution is -2.54. The van der Waals surface area contributed by atoms with Crippen LogP contribution in [0.2, 0.25) is 0 Å². The topological polar surface area (TPSA) is 62.3 Å². The number of aromatic nitrogens is 1. The van der Waals surface area contributed by atoms with Gasteiger partial charge in [-0.05, 0) is 24.5 Å². The van der Waals surface area contributed by atoms with Crippen molar-refractivity contribution in [2.75, 3.05) is 0 Å². The first-order valence-corrected chi connectivity index (χ1v) is 6.30. The first kappa shape index (κ1) is 13.5. The van der Waals surface area contributed by atoms with Crippen LogP contribution in [0.15, 0.2) is 24.4 Å². The van der Waals surface area contributed by atoms with E-state index in [-0.39, 0.29) is 23.9 Å². The van der Waals surface area contributed by atoms with Crippen LogP contribution < -0.4 is 5.32 Å². The summed E-state index contributed by atoms with van der Waals surface area (Å²) in [7, 11) is 0. The number of nitrogens with zero attached hydrogens (tertiary/aromatic N) is 2. The molecule has 0 radical (unpaired) electrons. The van der Waals surface area contributed by atoms with Gasteiger partial charge < -0.3 is 5.32 Å². The Labute approximate surface area is 113 Å². The quantitative estimate of drug-likeness (QED) is 0.827. The van der Waals surface area contributed by atoms with E-state index in [0.717, 1.165) is 0 Å². The molecule has 5 nitrogen and oxygen atoms in total. The lowest BCUT2D eigenvalue weighted by molar-refractivity contribution is -0.134. The Bertz CT molecular complexity index is 507. The van der Waals surface area contributed by atoms with Crippen molar-refractivity contribution in [2.45, 2.75) is 39.8 Å². The third-order valence-electron chi connectivity index (χ3n) is 3.82. The van der Waals surface area contributed by atoms with Crippen molar-refractivity contribution in [3.05, 3.63) is 30.1 Å². The van der Waals surface area contributed by atoms with E-state index in [1.54, 1.807) is 25.3 Å². The molecular weight excluding hydrogens is 242 g/mol. The van der Waals surface area contributed by atoms with Gasteiger partial charge in [-0.25, -0.2) is 4.79 Å². The van der Waals surface area contributed by atoms with Gasteiger partial charge in [-0.3, -0.25) is 14.7 Å². The Kier molecular flexibility index (Phi) is 3.08. The van der Waals surface area contributed by atoms with Crippen LogP contribution in [0.5, 0.6) is 0 Å². The molecule has 1 N–H and O–H groups in total. The van der Waals surface area contributed by atoms with Crippen LogP contribution in [0.1, 0.15) is 33.4 Å². The average molecular weight is 261 g/mol. The van der Waals surface area contributed by atoms with Crippen LogP contribution in [0, 0.1) is 5.41 Å². The lowest BCUT2D eigenvalue weighted by Gasteiger charge is -2.35. The molecule has 2 heterocycles. The maximum Gasteiger partial charge on any atom is 0.325 e. The molecule has 1 fully saturated rings. The Hall–Kier alpha value is -1.91. The summed E-state index contributed by atoms with van der Waals surface area (Å²) in [5, 5.41) is 2.80.